The first-order valence-corrected chi connectivity index (χ1v) is 9.75. The van der Waals surface area contributed by atoms with Gasteiger partial charge in [-0.2, -0.15) is 0 Å². The summed E-state index contributed by atoms with van der Waals surface area (Å²) in [6, 6.07) is 9.31. The minimum atomic E-state index is -0.291. The summed E-state index contributed by atoms with van der Waals surface area (Å²) in [5.41, 5.74) is 2.51. The van der Waals surface area contributed by atoms with Gasteiger partial charge in [0.2, 0.25) is 11.8 Å². The number of ether oxygens (including phenoxy) is 1. The van der Waals surface area contributed by atoms with Crippen molar-refractivity contribution in [2.75, 3.05) is 12.4 Å². The highest BCUT2D eigenvalue weighted by Gasteiger charge is 2.11. The van der Waals surface area contributed by atoms with E-state index in [0.717, 1.165) is 11.1 Å². The Bertz CT molecular complexity index is 1050. The van der Waals surface area contributed by atoms with Crippen molar-refractivity contribution >= 4 is 34.4 Å². The molecule has 1 aromatic carbocycles. The monoisotopic (exact) mass is 411 g/mol. The van der Waals surface area contributed by atoms with Crippen LogP contribution in [0.2, 0.25) is 0 Å². The van der Waals surface area contributed by atoms with Crippen LogP contribution in [0.15, 0.2) is 46.2 Å². The normalized spacial score (nSPS) is 10.9. The van der Waals surface area contributed by atoms with Crippen LogP contribution < -0.4 is 15.4 Å². The Hall–Kier alpha value is -3.39. The van der Waals surface area contributed by atoms with Gasteiger partial charge in [-0.15, -0.1) is 11.3 Å². The average molecular weight is 411 g/mol. The van der Waals surface area contributed by atoms with Gasteiger partial charge in [-0.3, -0.25) is 14.9 Å². The number of thiazole rings is 1. The number of nitrogens with zero attached hydrogens (tertiary/aromatic N) is 1. The van der Waals surface area contributed by atoms with Crippen molar-refractivity contribution in [1.82, 2.24) is 10.3 Å². The molecule has 2 amide bonds. The molecule has 29 heavy (non-hydrogen) atoms. The summed E-state index contributed by atoms with van der Waals surface area (Å²) in [5.74, 6) is 1.48. The molecule has 0 bridgehead atoms. The lowest BCUT2D eigenvalue weighted by Crippen LogP contribution is -2.18. The lowest BCUT2D eigenvalue weighted by Gasteiger charge is -2.05. The number of aryl methyl sites for hydroxylation is 1. The molecular formula is C21H21N3O4S. The van der Waals surface area contributed by atoms with Gasteiger partial charge in [0.05, 0.1) is 13.7 Å². The molecule has 7 nitrogen and oxygen atoms in total. The fourth-order valence-corrected chi connectivity index (χ4v) is 3.27. The summed E-state index contributed by atoms with van der Waals surface area (Å²) < 4.78 is 11.0. The number of nitrogens with one attached hydrogen (secondary N) is 2. The average Bonchev–Trinajstić information content (AvgIpc) is 3.34. The predicted octanol–water partition coefficient (Wildman–Crippen LogP) is 4.01. The van der Waals surface area contributed by atoms with Gasteiger partial charge in [-0.25, -0.2) is 4.98 Å². The predicted molar refractivity (Wildman–Crippen MR) is 113 cm³/mol. The van der Waals surface area contributed by atoms with Crippen LogP contribution in [0.5, 0.6) is 5.75 Å². The Balaban J connectivity index is 1.63. The molecule has 0 saturated heterocycles. The van der Waals surface area contributed by atoms with Crippen molar-refractivity contribution in [3.05, 3.63) is 58.7 Å². The molecule has 8 heteroatoms. The number of methoxy groups -OCH3 is 1. The van der Waals surface area contributed by atoms with Crippen molar-refractivity contribution in [2.45, 2.75) is 20.4 Å². The van der Waals surface area contributed by atoms with Crippen molar-refractivity contribution in [2.24, 2.45) is 0 Å². The van der Waals surface area contributed by atoms with Gasteiger partial charge in [0.25, 0.3) is 0 Å². The van der Waals surface area contributed by atoms with Gasteiger partial charge < -0.3 is 14.5 Å². The number of carbonyl (C=O) groups is 2. The van der Waals surface area contributed by atoms with Crippen LogP contribution in [-0.4, -0.2) is 23.9 Å². The second-order valence-electron chi connectivity index (χ2n) is 6.28. The van der Waals surface area contributed by atoms with Gasteiger partial charge in [0.15, 0.2) is 10.9 Å². The van der Waals surface area contributed by atoms with Gasteiger partial charge >= 0.3 is 0 Å². The molecule has 0 spiro atoms. The van der Waals surface area contributed by atoms with Crippen LogP contribution in [0, 0.1) is 6.92 Å². The zero-order valence-electron chi connectivity index (χ0n) is 16.3. The maximum Gasteiger partial charge on any atom is 0.250 e. The molecule has 150 valence electrons. The van der Waals surface area contributed by atoms with Crippen LogP contribution in [0.1, 0.15) is 23.8 Å². The molecule has 3 aromatic rings. The van der Waals surface area contributed by atoms with Gasteiger partial charge in [-0.1, -0.05) is 11.6 Å². The molecule has 0 fully saturated rings. The molecule has 0 aliphatic heterocycles. The first-order chi connectivity index (χ1) is 13.9. The van der Waals surface area contributed by atoms with Crippen molar-refractivity contribution in [1.29, 1.82) is 0 Å². The Morgan fingerprint density at radius 2 is 2.10 bits per heavy atom. The van der Waals surface area contributed by atoms with E-state index in [1.807, 2.05) is 25.1 Å². The minimum absolute atomic E-state index is 0.127. The molecule has 0 aliphatic rings. The largest absolute Gasteiger partial charge is 0.496 e. The topological polar surface area (TPSA) is 93.5 Å². The molecule has 0 radical (unpaired) electrons. The minimum Gasteiger partial charge on any atom is -0.496 e. The number of aromatic nitrogens is 1. The maximum absolute atomic E-state index is 12.2. The summed E-state index contributed by atoms with van der Waals surface area (Å²) in [6.45, 7) is 3.74. The van der Waals surface area contributed by atoms with Crippen LogP contribution in [0.25, 0.3) is 17.5 Å². The zero-order valence-corrected chi connectivity index (χ0v) is 17.1. The number of furan rings is 1. The molecule has 2 N–H and O–H groups in total. The summed E-state index contributed by atoms with van der Waals surface area (Å²) >= 11 is 1.30. The second kappa shape index (κ2) is 9.20. The van der Waals surface area contributed by atoms with E-state index < -0.39 is 0 Å². The highest BCUT2D eigenvalue weighted by Crippen LogP contribution is 2.27. The van der Waals surface area contributed by atoms with Crippen LogP contribution in [0.4, 0.5) is 5.13 Å². The van der Waals surface area contributed by atoms with E-state index in [9.17, 15) is 9.59 Å². The zero-order chi connectivity index (χ0) is 20.8. The summed E-state index contributed by atoms with van der Waals surface area (Å²) in [6.07, 6.45) is 3.15. The fraction of sp³-hybridized carbons (Fsp3) is 0.190. The Labute approximate surface area is 172 Å². The molecule has 0 atom stereocenters. The first kappa shape index (κ1) is 20.3. The number of rotatable bonds is 7. The molecule has 0 aliphatic carbocycles. The lowest BCUT2D eigenvalue weighted by molar-refractivity contribution is -0.119. The van der Waals surface area contributed by atoms with E-state index in [1.54, 1.807) is 30.7 Å². The Kier molecular flexibility index (Phi) is 6.46. The van der Waals surface area contributed by atoms with E-state index >= 15 is 0 Å². The van der Waals surface area contributed by atoms with Gasteiger partial charge in [-0.05, 0) is 37.3 Å². The number of carbonyl (C=O) groups excluding carboxylic acids is 2. The number of hydrogen-bond donors (Lipinski definition) is 2. The van der Waals surface area contributed by atoms with Crippen molar-refractivity contribution in [3.8, 4) is 17.2 Å². The van der Waals surface area contributed by atoms with E-state index in [-0.39, 0.29) is 11.8 Å². The lowest BCUT2D eigenvalue weighted by atomic mass is 10.1. The summed E-state index contributed by atoms with van der Waals surface area (Å²) in [7, 11) is 1.59. The SMILES string of the molecule is COc1ccc(C)cc1/C=C/C(=O)Nc1nc(-c2ccc(CNC(C)=O)o2)cs1. The Morgan fingerprint density at radius 1 is 1.28 bits per heavy atom. The number of amides is 2. The molecule has 0 unspecified atom stereocenters. The van der Waals surface area contributed by atoms with Crippen molar-refractivity contribution in [3.63, 3.8) is 0 Å². The smallest absolute Gasteiger partial charge is 0.250 e. The third kappa shape index (κ3) is 5.55. The second-order valence-corrected chi connectivity index (χ2v) is 7.14. The van der Waals surface area contributed by atoms with E-state index in [1.165, 1.54) is 24.3 Å². The van der Waals surface area contributed by atoms with Crippen LogP contribution in [0.3, 0.4) is 0 Å². The summed E-state index contributed by atoms with van der Waals surface area (Å²) in [5, 5.41) is 7.68. The van der Waals surface area contributed by atoms with Gasteiger partial charge in [0.1, 0.15) is 17.2 Å². The van der Waals surface area contributed by atoms with Crippen LogP contribution >= 0.6 is 11.3 Å². The highest BCUT2D eigenvalue weighted by molar-refractivity contribution is 7.14. The van der Waals surface area contributed by atoms with E-state index in [2.05, 4.69) is 15.6 Å². The molecule has 2 aromatic heterocycles. The van der Waals surface area contributed by atoms with E-state index in [4.69, 9.17) is 9.15 Å². The molecule has 3 rings (SSSR count). The quantitative estimate of drug-likeness (QED) is 0.573. The highest BCUT2D eigenvalue weighted by atomic mass is 32.1. The van der Waals surface area contributed by atoms with Gasteiger partial charge in [0, 0.05) is 23.9 Å². The van der Waals surface area contributed by atoms with Crippen molar-refractivity contribution < 1.29 is 18.7 Å². The number of anilines is 1. The summed E-state index contributed by atoms with van der Waals surface area (Å²) in [4.78, 5) is 27.6. The molecular weight excluding hydrogens is 390 g/mol. The third-order valence-electron chi connectivity index (χ3n) is 3.96. The van der Waals surface area contributed by atoms with Crippen LogP contribution in [-0.2, 0) is 16.1 Å². The fourth-order valence-electron chi connectivity index (χ4n) is 2.56. The molecule has 0 saturated carbocycles. The maximum atomic E-state index is 12.2. The first-order valence-electron chi connectivity index (χ1n) is 8.87. The number of hydrogen-bond acceptors (Lipinski definition) is 6. The number of benzene rings is 1. The third-order valence-corrected chi connectivity index (χ3v) is 4.72. The standard InChI is InChI=1S/C21H21N3O4S/c1-13-4-7-18(27-3)15(10-13)5-9-20(26)24-21-23-17(12-29-21)19-8-6-16(28-19)11-22-14(2)25/h4-10,12H,11H2,1-3H3,(H,22,25)(H,23,24,26)/b9-5+. The van der Waals surface area contributed by atoms with E-state index in [0.29, 0.717) is 34.6 Å². The Morgan fingerprint density at radius 3 is 2.86 bits per heavy atom. The molecule has 2 heterocycles.